The van der Waals surface area contributed by atoms with E-state index in [4.69, 9.17) is 0 Å². The van der Waals surface area contributed by atoms with E-state index in [1.165, 1.54) is 29.1 Å². The summed E-state index contributed by atoms with van der Waals surface area (Å²) in [6.07, 6.45) is 1.53. The van der Waals surface area contributed by atoms with E-state index in [1.807, 2.05) is 19.9 Å². The van der Waals surface area contributed by atoms with E-state index in [-0.39, 0.29) is 11.4 Å². The summed E-state index contributed by atoms with van der Waals surface area (Å²) in [5, 5.41) is 4.10. The van der Waals surface area contributed by atoms with Crippen LogP contribution in [0.2, 0.25) is 0 Å². The van der Waals surface area contributed by atoms with Gasteiger partial charge in [0.1, 0.15) is 5.82 Å². The number of hydrogen-bond donors (Lipinski definition) is 0. The van der Waals surface area contributed by atoms with Gasteiger partial charge in [0.2, 0.25) is 0 Å². The summed E-state index contributed by atoms with van der Waals surface area (Å²) in [6, 6.07) is 9.32. The molecule has 0 aliphatic rings. The van der Waals surface area contributed by atoms with Crippen LogP contribution in [-0.4, -0.2) is 10.9 Å². The van der Waals surface area contributed by atoms with E-state index in [0.29, 0.717) is 0 Å². The van der Waals surface area contributed by atoms with Crippen LogP contribution in [0.15, 0.2) is 46.3 Å². The van der Waals surface area contributed by atoms with Gasteiger partial charge in [-0.1, -0.05) is 12.1 Å². The highest BCUT2D eigenvalue weighted by atomic mass is 19.1. The molecule has 0 N–H and O–H groups in total. The Morgan fingerprint density at radius 3 is 2.44 bits per heavy atom. The number of rotatable bonds is 2. The average molecular weight is 244 g/mol. The van der Waals surface area contributed by atoms with Crippen molar-refractivity contribution in [2.45, 2.75) is 13.8 Å². The Morgan fingerprint density at radius 2 is 1.83 bits per heavy atom. The zero-order valence-electron chi connectivity index (χ0n) is 10.2. The van der Waals surface area contributed by atoms with Gasteiger partial charge >= 0.3 is 0 Å². The van der Waals surface area contributed by atoms with Crippen molar-refractivity contribution in [3.05, 3.63) is 69.4 Å². The first-order chi connectivity index (χ1) is 8.56. The van der Waals surface area contributed by atoms with Crippen LogP contribution in [0.25, 0.3) is 0 Å². The van der Waals surface area contributed by atoms with Crippen LogP contribution in [0.5, 0.6) is 0 Å². The molecule has 0 aliphatic heterocycles. The minimum Gasteiger partial charge on any atom is -0.267 e. The van der Waals surface area contributed by atoms with Gasteiger partial charge in [-0.05, 0) is 43.2 Å². The van der Waals surface area contributed by atoms with Crippen molar-refractivity contribution in [3.8, 4) is 0 Å². The van der Waals surface area contributed by atoms with Gasteiger partial charge < -0.3 is 0 Å². The quantitative estimate of drug-likeness (QED) is 0.747. The highest BCUT2D eigenvalue weighted by Crippen LogP contribution is 2.02. The lowest BCUT2D eigenvalue weighted by atomic mass is 10.2. The fourth-order valence-corrected chi connectivity index (χ4v) is 1.68. The van der Waals surface area contributed by atoms with Gasteiger partial charge in [-0.2, -0.15) is 5.10 Å². The molecule has 4 heteroatoms. The SMILES string of the molecule is Cc1cc(C)n(/N=C/c2ccc(F)cc2)c(=O)c1. The minimum atomic E-state index is -0.296. The van der Waals surface area contributed by atoms with Gasteiger partial charge in [0, 0.05) is 11.8 Å². The maximum Gasteiger partial charge on any atom is 0.271 e. The molecule has 2 rings (SSSR count). The Kier molecular flexibility index (Phi) is 3.37. The summed E-state index contributed by atoms with van der Waals surface area (Å²) in [6.45, 7) is 3.68. The second-order valence-corrected chi connectivity index (χ2v) is 4.12. The molecule has 0 fully saturated rings. The molecule has 0 unspecified atom stereocenters. The van der Waals surface area contributed by atoms with E-state index in [1.54, 1.807) is 12.1 Å². The summed E-state index contributed by atoms with van der Waals surface area (Å²) < 4.78 is 14.0. The summed E-state index contributed by atoms with van der Waals surface area (Å²) in [4.78, 5) is 11.7. The molecule has 1 heterocycles. The molecule has 0 atom stereocenters. The summed E-state index contributed by atoms with van der Waals surface area (Å²) in [7, 11) is 0. The molecule has 1 aromatic heterocycles. The molecule has 0 saturated heterocycles. The van der Waals surface area contributed by atoms with Crippen molar-refractivity contribution < 1.29 is 4.39 Å². The van der Waals surface area contributed by atoms with Crippen LogP contribution >= 0.6 is 0 Å². The number of pyridine rings is 1. The normalized spacial score (nSPS) is 11.1. The molecule has 1 aromatic carbocycles. The number of aromatic nitrogens is 1. The molecule has 18 heavy (non-hydrogen) atoms. The lowest BCUT2D eigenvalue weighted by Gasteiger charge is -2.03. The second-order valence-electron chi connectivity index (χ2n) is 4.12. The van der Waals surface area contributed by atoms with Crippen molar-refractivity contribution in [1.29, 1.82) is 0 Å². The fourth-order valence-electron chi connectivity index (χ4n) is 1.68. The van der Waals surface area contributed by atoms with Crippen LogP contribution in [0.1, 0.15) is 16.8 Å². The van der Waals surface area contributed by atoms with E-state index < -0.39 is 0 Å². The maximum absolute atomic E-state index is 12.7. The van der Waals surface area contributed by atoms with Crippen molar-refractivity contribution >= 4 is 6.21 Å². The molecule has 2 aromatic rings. The van der Waals surface area contributed by atoms with E-state index in [2.05, 4.69) is 5.10 Å². The molecule has 0 amide bonds. The molecule has 0 aliphatic carbocycles. The average Bonchev–Trinajstić information content (AvgIpc) is 2.30. The van der Waals surface area contributed by atoms with Gasteiger partial charge in [0.05, 0.1) is 6.21 Å². The largest absolute Gasteiger partial charge is 0.271 e. The molecule has 0 bridgehead atoms. The van der Waals surface area contributed by atoms with E-state index >= 15 is 0 Å². The van der Waals surface area contributed by atoms with E-state index in [9.17, 15) is 9.18 Å². The summed E-state index contributed by atoms with van der Waals surface area (Å²) in [5.41, 5.74) is 2.23. The maximum atomic E-state index is 12.7. The Hall–Kier alpha value is -2.23. The molecule has 92 valence electrons. The Balaban J connectivity index is 2.35. The van der Waals surface area contributed by atoms with Gasteiger partial charge in [0.25, 0.3) is 5.56 Å². The van der Waals surface area contributed by atoms with Gasteiger partial charge in [-0.25, -0.2) is 9.07 Å². The topological polar surface area (TPSA) is 34.4 Å². The molecular weight excluding hydrogens is 231 g/mol. The molecular formula is C14H13FN2O. The zero-order chi connectivity index (χ0) is 13.1. The Bertz CT molecular complexity index is 642. The Morgan fingerprint density at radius 1 is 1.17 bits per heavy atom. The van der Waals surface area contributed by atoms with Crippen LogP contribution in [0.3, 0.4) is 0 Å². The van der Waals surface area contributed by atoms with Crippen molar-refractivity contribution in [2.75, 3.05) is 0 Å². The Labute approximate surface area is 104 Å². The monoisotopic (exact) mass is 244 g/mol. The minimum absolute atomic E-state index is 0.175. The van der Waals surface area contributed by atoms with Crippen LogP contribution in [-0.2, 0) is 0 Å². The van der Waals surface area contributed by atoms with Crippen LogP contribution in [0, 0.1) is 19.7 Å². The first-order valence-electron chi connectivity index (χ1n) is 5.56. The van der Waals surface area contributed by atoms with Crippen LogP contribution in [0.4, 0.5) is 4.39 Å². The summed E-state index contributed by atoms with van der Waals surface area (Å²) >= 11 is 0. The molecule has 0 saturated carbocycles. The highest BCUT2D eigenvalue weighted by Gasteiger charge is 1.99. The number of nitrogens with zero attached hydrogens (tertiary/aromatic N) is 2. The molecule has 0 radical (unpaired) electrons. The third kappa shape index (κ3) is 2.71. The first kappa shape index (κ1) is 12.2. The smallest absolute Gasteiger partial charge is 0.267 e. The lowest BCUT2D eigenvalue weighted by molar-refractivity contribution is 0.628. The molecule has 0 spiro atoms. The first-order valence-corrected chi connectivity index (χ1v) is 5.56. The number of benzene rings is 1. The summed E-state index contributed by atoms with van der Waals surface area (Å²) in [5.74, 6) is -0.296. The number of hydrogen-bond acceptors (Lipinski definition) is 2. The third-order valence-electron chi connectivity index (χ3n) is 2.52. The third-order valence-corrected chi connectivity index (χ3v) is 2.52. The predicted octanol–water partition coefficient (Wildman–Crippen LogP) is 2.49. The van der Waals surface area contributed by atoms with Gasteiger partial charge in [-0.15, -0.1) is 0 Å². The van der Waals surface area contributed by atoms with Crippen molar-refractivity contribution in [1.82, 2.24) is 4.68 Å². The van der Waals surface area contributed by atoms with Crippen molar-refractivity contribution in [3.63, 3.8) is 0 Å². The standard InChI is InChI=1S/C14H13FN2O/c1-10-7-11(2)17(14(18)8-10)16-9-12-3-5-13(15)6-4-12/h3-9H,1-2H3/b16-9+. The van der Waals surface area contributed by atoms with Gasteiger partial charge in [0.15, 0.2) is 0 Å². The van der Waals surface area contributed by atoms with Crippen LogP contribution < -0.4 is 5.56 Å². The zero-order valence-corrected chi connectivity index (χ0v) is 10.2. The number of aryl methyl sites for hydroxylation is 2. The number of halogens is 1. The predicted molar refractivity (Wildman–Crippen MR) is 69.6 cm³/mol. The highest BCUT2D eigenvalue weighted by molar-refractivity contribution is 5.79. The van der Waals surface area contributed by atoms with Crippen molar-refractivity contribution in [2.24, 2.45) is 5.10 Å². The van der Waals surface area contributed by atoms with E-state index in [0.717, 1.165) is 16.8 Å². The fraction of sp³-hybridized carbons (Fsp3) is 0.143. The van der Waals surface area contributed by atoms with Gasteiger partial charge in [-0.3, -0.25) is 4.79 Å². The molecule has 3 nitrogen and oxygen atoms in total. The second kappa shape index (κ2) is 4.96. The lowest BCUT2D eigenvalue weighted by Crippen LogP contribution is -2.18.